The van der Waals surface area contributed by atoms with Crippen LogP contribution in [0.2, 0.25) is 0 Å². The molecule has 158 valence electrons. The van der Waals surface area contributed by atoms with Gasteiger partial charge in [0.05, 0.1) is 12.9 Å². The molecule has 0 spiro atoms. The normalized spacial score (nSPS) is 10.8. The van der Waals surface area contributed by atoms with Gasteiger partial charge >= 0.3 is 0 Å². The number of rotatable bonds is 9. The lowest BCUT2D eigenvalue weighted by Crippen LogP contribution is -2.33. The number of benzene rings is 1. The van der Waals surface area contributed by atoms with Crippen LogP contribution in [-0.2, 0) is 18.4 Å². The summed E-state index contributed by atoms with van der Waals surface area (Å²) in [4.78, 5) is 24.5. The second-order valence-corrected chi connectivity index (χ2v) is 7.65. The molecule has 0 saturated carbocycles. The number of aromatic nitrogens is 4. The Hall–Kier alpha value is -3.07. The SMILES string of the molecule is CCCCn1c(SCC(=O)NC(=O)c2cccn2C)nnc1-c1ccc(OC)cc1. The van der Waals surface area contributed by atoms with Crippen molar-refractivity contribution in [2.75, 3.05) is 12.9 Å². The fourth-order valence-electron chi connectivity index (χ4n) is 2.92. The van der Waals surface area contributed by atoms with E-state index in [4.69, 9.17) is 4.74 Å². The fraction of sp³-hybridized carbons (Fsp3) is 0.333. The largest absolute Gasteiger partial charge is 0.497 e. The maximum absolute atomic E-state index is 12.3. The number of nitrogens with one attached hydrogen (secondary N) is 1. The molecule has 0 unspecified atom stereocenters. The molecule has 0 fully saturated rings. The van der Waals surface area contributed by atoms with Crippen LogP contribution < -0.4 is 10.1 Å². The van der Waals surface area contributed by atoms with Crippen LogP contribution in [0, 0.1) is 0 Å². The molecule has 30 heavy (non-hydrogen) atoms. The molecule has 1 aromatic carbocycles. The maximum Gasteiger partial charge on any atom is 0.274 e. The summed E-state index contributed by atoms with van der Waals surface area (Å²) in [7, 11) is 3.38. The quantitative estimate of drug-likeness (QED) is 0.528. The molecule has 0 aliphatic rings. The first-order valence-corrected chi connectivity index (χ1v) is 10.7. The number of imide groups is 1. The monoisotopic (exact) mass is 427 g/mol. The van der Waals surface area contributed by atoms with Gasteiger partial charge in [-0.1, -0.05) is 25.1 Å². The second kappa shape index (κ2) is 10.1. The molecule has 9 heteroatoms. The van der Waals surface area contributed by atoms with Crippen LogP contribution in [0.1, 0.15) is 30.3 Å². The van der Waals surface area contributed by atoms with Gasteiger partial charge in [-0.3, -0.25) is 14.9 Å². The van der Waals surface area contributed by atoms with E-state index in [2.05, 4.69) is 22.4 Å². The highest BCUT2D eigenvalue weighted by atomic mass is 32.2. The minimum Gasteiger partial charge on any atom is -0.497 e. The summed E-state index contributed by atoms with van der Waals surface area (Å²) in [5.41, 5.74) is 1.36. The van der Waals surface area contributed by atoms with Crippen LogP contribution in [0.4, 0.5) is 0 Å². The van der Waals surface area contributed by atoms with Gasteiger partial charge in [0.2, 0.25) is 5.91 Å². The van der Waals surface area contributed by atoms with Gasteiger partial charge < -0.3 is 13.9 Å². The molecule has 8 nitrogen and oxygen atoms in total. The summed E-state index contributed by atoms with van der Waals surface area (Å²) in [6.45, 7) is 2.87. The van der Waals surface area contributed by atoms with Gasteiger partial charge in [0.1, 0.15) is 11.4 Å². The van der Waals surface area contributed by atoms with E-state index in [1.807, 2.05) is 28.8 Å². The molecule has 3 aromatic rings. The molecule has 3 rings (SSSR count). The summed E-state index contributed by atoms with van der Waals surface area (Å²) >= 11 is 1.27. The van der Waals surface area contributed by atoms with Gasteiger partial charge in [-0.2, -0.15) is 0 Å². The number of thioether (sulfide) groups is 1. The Balaban J connectivity index is 1.70. The number of hydrogen-bond acceptors (Lipinski definition) is 6. The van der Waals surface area contributed by atoms with E-state index in [1.54, 1.807) is 37.1 Å². The van der Waals surface area contributed by atoms with E-state index in [9.17, 15) is 9.59 Å². The smallest absolute Gasteiger partial charge is 0.274 e. The van der Waals surface area contributed by atoms with Crippen LogP contribution in [0.15, 0.2) is 47.8 Å². The number of ether oxygens (including phenoxy) is 1. The van der Waals surface area contributed by atoms with E-state index < -0.39 is 5.91 Å². The van der Waals surface area contributed by atoms with E-state index in [-0.39, 0.29) is 11.7 Å². The summed E-state index contributed by atoms with van der Waals surface area (Å²) in [5, 5.41) is 11.7. The lowest BCUT2D eigenvalue weighted by Gasteiger charge is -2.10. The van der Waals surface area contributed by atoms with Gasteiger partial charge in [-0.05, 0) is 42.8 Å². The minimum atomic E-state index is -0.417. The third kappa shape index (κ3) is 5.10. The zero-order valence-electron chi connectivity index (χ0n) is 17.3. The van der Waals surface area contributed by atoms with Crippen molar-refractivity contribution < 1.29 is 14.3 Å². The summed E-state index contributed by atoms with van der Waals surface area (Å²) in [5.74, 6) is 0.798. The molecule has 0 aliphatic carbocycles. The van der Waals surface area contributed by atoms with E-state index in [0.717, 1.165) is 36.5 Å². The van der Waals surface area contributed by atoms with Crippen molar-refractivity contribution in [2.45, 2.75) is 31.5 Å². The van der Waals surface area contributed by atoms with Crippen LogP contribution in [0.5, 0.6) is 5.75 Å². The van der Waals surface area contributed by atoms with E-state index >= 15 is 0 Å². The van der Waals surface area contributed by atoms with Gasteiger partial charge in [-0.25, -0.2) is 0 Å². The summed E-state index contributed by atoms with van der Waals surface area (Å²) in [6.07, 6.45) is 3.74. The van der Waals surface area contributed by atoms with Gasteiger partial charge in [0.15, 0.2) is 11.0 Å². The Morgan fingerprint density at radius 3 is 2.57 bits per heavy atom. The standard InChI is InChI=1S/C21H25N5O3S/c1-4-5-13-26-19(15-8-10-16(29-3)11-9-15)23-24-21(26)30-14-18(27)22-20(28)17-7-6-12-25(17)2/h6-12H,4-5,13-14H2,1-3H3,(H,22,27,28). The van der Waals surface area contributed by atoms with E-state index in [1.165, 1.54) is 11.8 Å². The highest BCUT2D eigenvalue weighted by molar-refractivity contribution is 7.99. The Labute approximate surface area is 179 Å². The van der Waals surface area contributed by atoms with Gasteiger partial charge in [0.25, 0.3) is 5.91 Å². The van der Waals surface area contributed by atoms with Crippen molar-refractivity contribution in [3.63, 3.8) is 0 Å². The topological polar surface area (TPSA) is 91.0 Å². The molecule has 1 N–H and O–H groups in total. The molecule has 0 saturated heterocycles. The number of hydrogen-bond donors (Lipinski definition) is 1. The molecule has 0 aliphatic heterocycles. The Kier molecular flexibility index (Phi) is 7.29. The maximum atomic E-state index is 12.3. The Bertz CT molecular complexity index is 1010. The Morgan fingerprint density at radius 2 is 1.93 bits per heavy atom. The number of carbonyl (C=O) groups excluding carboxylic acids is 2. The van der Waals surface area contributed by atoms with Crippen molar-refractivity contribution in [3.8, 4) is 17.1 Å². The lowest BCUT2D eigenvalue weighted by molar-refractivity contribution is -0.117. The highest BCUT2D eigenvalue weighted by Crippen LogP contribution is 2.26. The summed E-state index contributed by atoms with van der Waals surface area (Å²) in [6, 6.07) is 11.0. The van der Waals surface area contributed by atoms with Crippen molar-refractivity contribution in [2.24, 2.45) is 7.05 Å². The minimum absolute atomic E-state index is 0.0725. The van der Waals surface area contributed by atoms with Crippen molar-refractivity contribution in [1.82, 2.24) is 24.6 Å². The average Bonchev–Trinajstić information content (AvgIpc) is 3.36. The third-order valence-corrected chi connectivity index (χ3v) is 5.53. The van der Waals surface area contributed by atoms with E-state index in [0.29, 0.717) is 10.9 Å². The molecule has 2 heterocycles. The zero-order chi connectivity index (χ0) is 21.5. The molecule has 0 radical (unpaired) electrons. The second-order valence-electron chi connectivity index (χ2n) is 6.71. The molecule has 0 atom stereocenters. The van der Waals surface area contributed by atoms with Crippen molar-refractivity contribution >= 4 is 23.6 Å². The first kappa shape index (κ1) is 21.6. The molecule has 2 amide bonds. The average molecular weight is 428 g/mol. The van der Waals surface area contributed by atoms with Crippen LogP contribution in [-0.4, -0.2) is 44.0 Å². The van der Waals surface area contributed by atoms with Gasteiger partial charge in [0, 0.05) is 25.4 Å². The fourth-order valence-corrected chi connectivity index (χ4v) is 3.69. The third-order valence-electron chi connectivity index (χ3n) is 4.56. The van der Waals surface area contributed by atoms with Crippen LogP contribution in [0.3, 0.4) is 0 Å². The van der Waals surface area contributed by atoms with Gasteiger partial charge in [-0.15, -0.1) is 10.2 Å². The number of methoxy groups -OCH3 is 1. The lowest BCUT2D eigenvalue weighted by atomic mass is 10.2. The first-order valence-electron chi connectivity index (χ1n) is 9.69. The number of unbranched alkanes of at least 4 members (excludes halogenated alkanes) is 1. The number of carbonyl (C=O) groups is 2. The molecule has 0 bridgehead atoms. The predicted molar refractivity (Wildman–Crippen MR) is 116 cm³/mol. The highest BCUT2D eigenvalue weighted by Gasteiger charge is 2.17. The predicted octanol–water partition coefficient (Wildman–Crippen LogP) is 3.14. The molecular formula is C21H25N5O3S. The molecular weight excluding hydrogens is 402 g/mol. The van der Waals surface area contributed by atoms with Crippen molar-refractivity contribution in [1.29, 1.82) is 0 Å². The van der Waals surface area contributed by atoms with Crippen molar-refractivity contribution in [3.05, 3.63) is 48.3 Å². The van der Waals surface area contributed by atoms with Crippen LogP contribution >= 0.6 is 11.8 Å². The number of aryl methyl sites for hydroxylation is 1. The number of nitrogens with zero attached hydrogens (tertiary/aromatic N) is 4. The zero-order valence-corrected chi connectivity index (χ0v) is 18.1. The number of amides is 2. The first-order chi connectivity index (χ1) is 14.5. The van der Waals surface area contributed by atoms with Crippen LogP contribution in [0.25, 0.3) is 11.4 Å². The summed E-state index contributed by atoms with van der Waals surface area (Å²) < 4.78 is 8.90. The Morgan fingerprint density at radius 1 is 1.17 bits per heavy atom. The molecule has 2 aromatic heterocycles.